The number of nitro groups is 1. The second-order valence-corrected chi connectivity index (χ2v) is 18.1. The Balaban J connectivity index is 0.931. The molecule has 5 heterocycles. The number of ether oxygens (including phenoxy) is 3. The quantitative estimate of drug-likeness (QED) is 0.0591. The van der Waals surface area contributed by atoms with Crippen molar-refractivity contribution in [3.05, 3.63) is 129 Å². The molecule has 1 amide bonds. The van der Waals surface area contributed by atoms with Crippen LogP contribution in [0.4, 0.5) is 11.4 Å². The molecule has 1 atom stereocenters. The third kappa shape index (κ3) is 9.35. The molecule has 0 radical (unpaired) electrons. The summed E-state index contributed by atoms with van der Waals surface area (Å²) in [5.74, 6) is 0.370. The molecule has 316 valence electrons. The van der Waals surface area contributed by atoms with Crippen molar-refractivity contribution in [1.29, 1.82) is 0 Å². The van der Waals surface area contributed by atoms with Crippen molar-refractivity contribution in [3.8, 4) is 11.5 Å². The minimum absolute atomic E-state index is 0.0932. The minimum Gasteiger partial charge on any atom is -0.588 e. The first-order valence-corrected chi connectivity index (χ1v) is 22.3. The molecule has 1 unspecified atom stereocenters. The van der Waals surface area contributed by atoms with Crippen LogP contribution in [-0.2, 0) is 20.8 Å². The number of aromatic amines is 1. The zero-order valence-corrected chi connectivity index (χ0v) is 35.2. The second kappa shape index (κ2) is 18.0. The lowest BCUT2D eigenvalue weighted by Crippen LogP contribution is -2.45. The molecule has 4 aliphatic rings. The third-order valence-electron chi connectivity index (χ3n) is 12.3. The predicted octanol–water partition coefficient (Wildman–Crippen LogP) is 8.95. The molecule has 3 aromatic carbocycles. The monoisotopic (exact) mass is 862 g/mol. The number of carbonyl (C=O) groups is 1. The van der Waals surface area contributed by atoms with E-state index in [2.05, 4.69) is 43.1 Å². The van der Waals surface area contributed by atoms with Crippen LogP contribution < -0.4 is 14.8 Å². The van der Waals surface area contributed by atoms with Crippen molar-refractivity contribution in [2.24, 2.45) is 11.3 Å². The summed E-state index contributed by atoms with van der Waals surface area (Å²) in [5, 5.41) is 16.8. The number of nitrogens with one attached hydrogen (secondary N) is 3. The largest absolute Gasteiger partial charge is 0.588 e. The number of fused-ring (bicyclic) bond motifs is 1. The second-order valence-electron chi connectivity index (χ2n) is 16.4. The number of carbonyl (C=O) groups excluding carboxylic acids is 1. The first-order chi connectivity index (χ1) is 29.7. The van der Waals surface area contributed by atoms with E-state index < -0.39 is 22.2 Å². The summed E-state index contributed by atoms with van der Waals surface area (Å²) in [6.07, 6.45) is 11.4. The van der Waals surface area contributed by atoms with Crippen LogP contribution >= 0.6 is 11.6 Å². The van der Waals surface area contributed by atoms with Crippen molar-refractivity contribution in [1.82, 2.24) is 19.6 Å². The van der Waals surface area contributed by atoms with Gasteiger partial charge in [0.1, 0.15) is 34.2 Å². The topological polar surface area (TPSA) is 167 Å². The Kier molecular flexibility index (Phi) is 12.2. The lowest BCUT2D eigenvalue weighted by Gasteiger charge is -2.46. The number of halogens is 1. The van der Waals surface area contributed by atoms with E-state index >= 15 is 0 Å². The Morgan fingerprint density at radius 2 is 1.85 bits per heavy atom. The van der Waals surface area contributed by atoms with Gasteiger partial charge in [-0.25, -0.2) is 4.98 Å². The summed E-state index contributed by atoms with van der Waals surface area (Å²) < 4.78 is 33.6. The number of allylic oxidation sites excluding steroid dienone is 1. The van der Waals surface area contributed by atoms with Gasteiger partial charge in [-0.3, -0.25) is 19.8 Å². The lowest BCUT2D eigenvalue weighted by molar-refractivity contribution is -0.384. The number of nitrogens with zero attached hydrogens (tertiary/aromatic N) is 3. The van der Waals surface area contributed by atoms with Gasteiger partial charge in [0, 0.05) is 61.4 Å². The van der Waals surface area contributed by atoms with Gasteiger partial charge in [0.15, 0.2) is 4.90 Å². The number of anilines is 1. The van der Waals surface area contributed by atoms with Gasteiger partial charge in [-0.05, 0) is 115 Å². The van der Waals surface area contributed by atoms with Gasteiger partial charge in [-0.15, -0.1) is 0 Å². The Morgan fingerprint density at radius 3 is 2.61 bits per heavy atom. The van der Waals surface area contributed by atoms with Crippen molar-refractivity contribution in [2.45, 2.75) is 43.4 Å². The molecule has 2 saturated heterocycles. The summed E-state index contributed by atoms with van der Waals surface area (Å²) in [5.41, 5.74) is 7.37. The predicted molar refractivity (Wildman–Crippen MR) is 236 cm³/mol. The Hall–Kier alpha value is -5.22. The maximum absolute atomic E-state index is 13.9. The van der Waals surface area contributed by atoms with E-state index in [0.717, 1.165) is 92.9 Å². The fraction of sp³-hybridized carbons (Fsp3) is 0.348. The van der Waals surface area contributed by atoms with Gasteiger partial charge < -0.3 is 29.1 Å². The van der Waals surface area contributed by atoms with E-state index in [1.165, 1.54) is 34.9 Å². The van der Waals surface area contributed by atoms with Gasteiger partial charge >= 0.3 is 0 Å². The first-order valence-electron chi connectivity index (χ1n) is 20.7. The van der Waals surface area contributed by atoms with Crippen LogP contribution in [0.25, 0.3) is 22.2 Å². The average molecular weight is 863 g/mol. The fourth-order valence-electron chi connectivity index (χ4n) is 8.74. The van der Waals surface area contributed by atoms with Crippen LogP contribution in [0, 0.1) is 21.4 Å². The van der Waals surface area contributed by atoms with Crippen LogP contribution in [0.2, 0.25) is 5.02 Å². The van der Waals surface area contributed by atoms with Gasteiger partial charge in [0.2, 0.25) is 0 Å². The Bertz CT molecular complexity index is 2500. The number of aromatic nitrogens is 2. The summed E-state index contributed by atoms with van der Waals surface area (Å²) >= 11 is 4.15. The van der Waals surface area contributed by atoms with Crippen LogP contribution in [-0.4, -0.2) is 82.9 Å². The molecule has 2 aromatic heterocycles. The molecule has 5 aromatic rings. The number of H-pyrrole nitrogens is 1. The number of pyridine rings is 1. The molecule has 61 heavy (non-hydrogen) atoms. The summed E-state index contributed by atoms with van der Waals surface area (Å²) in [6.45, 7) is 6.05. The molecule has 0 bridgehead atoms. The molecular weight excluding hydrogens is 816 g/mol. The lowest BCUT2D eigenvalue weighted by atomic mass is 9.68. The summed E-state index contributed by atoms with van der Waals surface area (Å²) in [6, 6.07) is 21.6. The summed E-state index contributed by atoms with van der Waals surface area (Å²) in [4.78, 5) is 35.6. The van der Waals surface area contributed by atoms with E-state index in [1.54, 1.807) is 18.5 Å². The van der Waals surface area contributed by atoms with Gasteiger partial charge in [0.05, 0.1) is 36.0 Å². The summed E-state index contributed by atoms with van der Waals surface area (Å²) in [7, 11) is 0. The van der Waals surface area contributed by atoms with E-state index in [1.807, 2.05) is 36.4 Å². The normalized spacial score (nSPS) is 18.7. The molecule has 0 saturated carbocycles. The number of rotatable bonds is 13. The molecular formula is C46H47ClN6O7S. The zero-order chi connectivity index (χ0) is 41.9. The number of hydrogen-bond donors (Lipinski definition) is 3. The third-order valence-corrected chi connectivity index (χ3v) is 13.6. The van der Waals surface area contributed by atoms with Crippen LogP contribution in [0.5, 0.6) is 11.5 Å². The SMILES string of the molecule is O=C(N[S+]([O-])c1ccc(NCC2CCOCC2)c([N+](=O)[O-])c1)c1ccc(C2=CCN(CC3=C(c4ccc(Cl)cc4)CC4(CC3)COC4)CC2)cc1Oc1cnc2[nH]ccc2c1. The standard InChI is InChI=1S/C46H47ClN6O7S/c47-36-4-1-32(2-5-36)40-24-46(28-59-29-46)15-9-35(40)27-52-17-11-31(12-18-52)33-3-7-39(43(22-33)60-37-21-34-10-16-48-44(34)50-26-37)45(54)51-61(57)38-6-8-41(42(23-38)53(55)56)49-25-30-13-19-58-20-14-30/h1-8,10-11,16,21-23,26,30,49H,9,12-15,17-20,24-25,27-29H2,(H,48,50)(H,51,54). The van der Waals surface area contributed by atoms with Crippen molar-refractivity contribution in [2.75, 3.05) is 57.9 Å². The smallest absolute Gasteiger partial charge is 0.297 e. The van der Waals surface area contributed by atoms with Crippen LogP contribution in [0.3, 0.4) is 0 Å². The molecule has 13 nitrogen and oxygen atoms in total. The number of benzene rings is 3. The molecule has 1 spiro atoms. The van der Waals surface area contributed by atoms with Crippen LogP contribution in [0.1, 0.15) is 60.0 Å². The van der Waals surface area contributed by atoms with Crippen molar-refractivity contribution >= 4 is 62.4 Å². The van der Waals surface area contributed by atoms with Gasteiger partial charge in [0.25, 0.3) is 11.6 Å². The number of amides is 1. The highest BCUT2D eigenvalue weighted by molar-refractivity contribution is 7.90. The Morgan fingerprint density at radius 1 is 1.03 bits per heavy atom. The molecule has 3 aliphatic heterocycles. The molecule has 9 rings (SSSR count). The van der Waals surface area contributed by atoms with E-state index in [9.17, 15) is 19.5 Å². The number of nitro benzene ring substituents is 1. The molecule has 15 heteroatoms. The average Bonchev–Trinajstić information content (AvgIpc) is 3.74. The van der Waals surface area contributed by atoms with Crippen molar-refractivity contribution < 1.29 is 28.5 Å². The minimum atomic E-state index is -2.11. The van der Waals surface area contributed by atoms with E-state index in [-0.39, 0.29) is 27.3 Å². The number of hydrogen-bond acceptors (Lipinski definition) is 10. The molecule has 3 N–H and O–H groups in total. The highest BCUT2D eigenvalue weighted by atomic mass is 35.5. The highest BCUT2D eigenvalue weighted by Gasteiger charge is 2.42. The zero-order valence-electron chi connectivity index (χ0n) is 33.6. The Labute approximate surface area is 362 Å². The van der Waals surface area contributed by atoms with Crippen molar-refractivity contribution in [3.63, 3.8) is 0 Å². The molecule has 2 fully saturated rings. The van der Waals surface area contributed by atoms with Gasteiger partial charge in [-0.1, -0.05) is 41.4 Å². The highest BCUT2D eigenvalue weighted by Crippen LogP contribution is 2.48. The first kappa shape index (κ1) is 41.1. The maximum Gasteiger partial charge on any atom is 0.297 e. The maximum atomic E-state index is 13.9. The van der Waals surface area contributed by atoms with E-state index in [4.69, 9.17) is 25.8 Å². The van der Waals surface area contributed by atoms with Gasteiger partial charge in [-0.2, -0.15) is 4.72 Å². The van der Waals surface area contributed by atoms with E-state index in [0.29, 0.717) is 42.8 Å². The molecule has 1 aliphatic carbocycles. The van der Waals surface area contributed by atoms with Crippen LogP contribution in [0.15, 0.2) is 102 Å². The fourth-order valence-corrected chi connectivity index (χ4v) is 9.67.